The van der Waals surface area contributed by atoms with Crippen molar-refractivity contribution in [3.63, 3.8) is 0 Å². The zero-order chi connectivity index (χ0) is 8.27. The molecular weight excluding hydrogens is 148 g/mol. The van der Waals surface area contributed by atoms with E-state index in [0.29, 0.717) is 6.54 Å². The first-order chi connectivity index (χ1) is 5.20. The van der Waals surface area contributed by atoms with E-state index in [1.807, 2.05) is 0 Å². The molecule has 1 heterocycles. The average molecular weight is 156 g/mol. The standard InChI is InChI=1S/C6H8N2O3/c1-5(9)11-8-4-2-3-7-6(8)10/h2-3H,4H2,1H3,(H,7,10). The zero-order valence-electron chi connectivity index (χ0n) is 6.03. The van der Waals surface area contributed by atoms with Gasteiger partial charge in [0, 0.05) is 13.1 Å². The Labute approximate surface area is 63.6 Å². The number of amides is 2. The van der Waals surface area contributed by atoms with Gasteiger partial charge in [-0.05, 0) is 6.08 Å². The van der Waals surface area contributed by atoms with Crippen molar-refractivity contribution in [2.24, 2.45) is 0 Å². The lowest BCUT2D eigenvalue weighted by Gasteiger charge is -2.20. The van der Waals surface area contributed by atoms with Gasteiger partial charge in [-0.15, -0.1) is 5.06 Å². The quantitative estimate of drug-likeness (QED) is 0.581. The maximum absolute atomic E-state index is 10.8. The molecule has 1 rings (SSSR count). The second kappa shape index (κ2) is 3.05. The maximum atomic E-state index is 10.8. The number of hydrogen-bond donors (Lipinski definition) is 1. The monoisotopic (exact) mass is 156 g/mol. The van der Waals surface area contributed by atoms with Crippen LogP contribution in [0.25, 0.3) is 0 Å². The average Bonchev–Trinajstić information content (AvgIpc) is 1.93. The Balaban J connectivity index is 2.51. The predicted octanol–water partition coefficient (Wildman–Crippen LogP) is 0.00340. The molecule has 0 spiro atoms. The second-order valence-corrected chi connectivity index (χ2v) is 2.00. The summed E-state index contributed by atoms with van der Waals surface area (Å²) in [5.41, 5.74) is 0. The van der Waals surface area contributed by atoms with E-state index in [2.05, 4.69) is 10.2 Å². The molecule has 0 radical (unpaired) electrons. The van der Waals surface area contributed by atoms with E-state index in [1.54, 1.807) is 6.08 Å². The van der Waals surface area contributed by atoms with Crippen LogP contribution in [0.4, 0.5) is 4.79 Å². The van der Waals surface area contributed by atoms with E-state index in [-0.39, 0.29) is 0 Å². The second-order valence-electron chi connectivity index (χ2n) is 2.00. The van der Waals surface area contributed by atoms with E-state index in [9.17, 15) is 9.59 Å². The van der Waals surface area contributed by atoms with Crippen LogP contribution in [-0.4, -0.2) is 23.6 Å². The molecule has 0 atom stereocenters. The summed E-state index contributed by atoms with van der Waals surface area (Å²) < 4.78 is 0. The molecule has 0 aromatic rings. The maximum Gasteiger partial charge on any atom is 0.354 e. The summed E-state index contributed by atoms with van der Waals surface area (Å²) in [4.78, 5) is 25.7. The molecule has 60 valence electrons. The summed E-state index contributed by atoms with van der Waals surface area (Å²) >= 11 is 0. The van der Waals surface area contributed by atoms with Crippen LogP contribution in [0.2, 0.25) is 0 Å². The lowest BCUT2D eigenvalue weighted by atomic mass is 10.5. The van der Waals surface area contributed by atoms with Crippen LogP contribution >= 0.6 is 0 Å². The fourth-order valence-corrected chi connectivity index (χ4v) is 0.667. The van der Waals surface area contributed by atoms with Crippen molar-refractivity contribution in [2.45, 2.75) is 6.92 Å². The normalized spacial score (nSPS) is 16.1. The molecule has 1 aliphatic heterocycles. The first-order valence-corrected chi connectivity index (χ1v) is 3.12. The molecule has 5 heteroatoms. The summed E-state index contributed by atoms with van der Waals surface area (Å²) in [6.07, 6.45) is 3.17. The number of hydrogen-bond acceptors (Lipinski definition) is 3. The Morgan fingerprint density at radius 2 is 2.55 bits per heavy atom. The van der Waals surface area contributed by atoms with Crippen molar-refractivity contribution in [3.8, 4) is 0 Å². The van der Waals surface area contributed by atoms with E-state index in [4.69, 9.17) is 0 Å². The number of urea groups is 1. The number of hydroxylamine groups is 2. The Morgan fingerprint density at radius 1 is 1.82 bits per heavy atom. The topological polar surface area (TPSA) is 58.6 Å². The molecule has 0 aliphatic carbocycles. The van der Waals surface area contributed by atoms with E-state index in [1.165, 1.54) is 13.1 Å². The van der Waals surface area contributed by atoms with Crippen LogP contribution in [0.15, 0.2) is 12.3 Å². The number of carbonyl (C=O) groups excluding carboxylic acids is 2. The summed E-state index contributed by atoms with van der Waals surface area (Å²) in [7, 11) is 0. The van der Waals surface area contributed by atoms with E-state index < -0.39 is 12.0 Å². The van der Waals surface area contributed by atoms with Crippen molar-refractivity contribution in [3.05, 3.63) is 12.3 Å². The summed E-state index contributed by atoms with van der Waals surface area (Å²) in [6, 6.07) is -0.428. The van der Waals surface area contributed by atoms with Crippen LogP contribution in [-0.2, 0) is 9.63 Å². The fraction of sp³-hybridized carbons (Fsp3) is 0.333. The number of nitrogens with zero attached hydrogens (tertiary/aromatic N) is 1. The van der Waals surface area contributed by atoms with Gasteiger partial charge in [0.15, 0.2) is 0 Å². The van der Waals surface area contributed by atoms with Gasteiger partial charge in [0.2, 0.25) is 0 Å². The third kappa shape index (κ3) is 1.96. The molecule has 0 fully saturated rings. The molecule has 0 saturated heterocycles. The summed E-state index contributed by atoms with van der Waals surface area (Å²) in [6.45, 7) is 1.54. The highest BCUT2D eigenvalue weighted by Crippen LogP contribution is 1.96. The number of carbonyl (C=O) groups is 2. The predicted molar refractivity (Wildman–Crippen MR) is 36.1 cm³/mol. The van der Waals surface area contributed by atoms with Gasteiger partial charge in [-0.1, -0.05) is 0 Å². The largest absolute Gasteiger partial charge is 0.354 e. The Hall–Kier alpha value is -1.52. The molecule has 1 aliphatic rings. The lowest BCUT2D eigenvalue weighted by Crippen LogP contribution is -2.41. The van der Waals surface area contributed by atoms with Crippen LogP contribution in [0.5, 0.6) is 0 Å². The van der Waals surface area contributed by atoms with Crippen molar-refractivity contribution in [1.29, 1.82) is 0 Å². The van der Waals surface area contributed by atoms with E-state index >= 15 is 0 Å². The van der Waals surface area contributed by atoms with Crippen molar-refractivity contribution < 1.29 is 14.4 Å². The van der Waals surface area contributed by atoms with Crippen LogP contribution in [0, 0.1) is 0 Å². The highest BCUT2D eigenvalue weighted by Gasteiger charge is 2.16. The van der Waals surface area contributed by atoms with Crippen LogP contribution in [0.3, 0.4) is 0 Å². The third-order valence-electron chi connectivity index (χ3n) is 1.06. The molecule has 5 nitrogen and oxygen atoms in total. The van der Waals surface area contributed by atoms with Gasteiger partial charge in [-0.2, -0.15) is 0 Å². The van der Waals surface area contributed by atoms with Gasteiger partial charge in [-0.25, -0.2) is 4.79 Å². The molecule has 0 aromatic heterocycles. The lowest BCUT2D eigenvalue weighted by molar-refractivity contribution is -0.172. The van der Waals surface area contributed by atoms with Gasteiger partial charge >= 0.3 is 12.0 Å². The Kier molecular flexibility index (Phi) is 2.10. The van der Waals surface area contributed by atoms with Crippen LogP contribution in [0.1, 0.15) is 6.92 Å². The van der Waals surface area contributed by atoms with Crippen molar-refractivity contribution in [1.82, 2.24) is 10.4 Å². The van der Waals surface area contributed by atoms with E-state index in [0.717, 1.165) is 5.06 Å². The molecular formula is C6H8N2O3. The molecule has 2 amide bonds. The molecule has 1 N–H and O–H groups in total. The first-order valence-electron chi connectivity index (χ1n) is 3.12. The third-order valence-corrected chi connectivity index (χ3v) is 1.06. The Morgan fingerprint density at radius 3 is 3.09 bits per heavy atom. The molecule has 11 heavy (non-hydrogen) atoms. The van der Waals surface area contributed by atoms with Gasteiger partial charge < -0.3 is 10.2 Å². The van der Waals surface area contributed by atoms with Crippen molar-refractivity contribution in [2.75, 3.05) is 6.54 Å². The SMILES string of the molecule is CC(=O)ON1CC=CNC1=O. The highest BCUT2D eigenvalue weighted by atomic mass is 16.7. The molecule has 0 unspecified atom stereocenters. The van der Waals surface area contributed by atoms with Gasteiger partial charge in [0.25, 0.3) is 0 Å². The van der Waals surface area contributed by atoms with Crippen molar-refractivity contribution >= 4 is 12.0 Å². The number of nitrogens with one attached hydrogen (secondary N) is 1. The molecule has 0 aromatic carbocycles. The van der Waals surface area contributed by atoms with Crippen LogP contribution < -0.4 is 5.32 Å². The Bertz CT molecular complexity index is 212. The minimum Gasteiger partial charge on any atom is -0.337 e. The highest BCUT2D eigenvalue weighted by molar-refractivity contribution is 5.77. The summed E-state index contributed by atoms with van der Waals surface area (Å²) in [5.74, 6) is -0.504. The first kappa shape index (κ1) is 7.59. The van der Waals surface area contributed by atoms with Gasteiger partial charge in [-0.3, -0.25) is 4.79 Å². The number of rotatable bonds is 1. The van der Waals surface area contributed by atoms with Gasteiger partial charge in [0.1, 0.15) is 0 Å². The molecule has 0 saturated carbocycles. The smallest absolute Gasteiger partial charge is 0.337 e. The molecule has 0 bridgehead atoms. The minimum absolute atomic E-state index is 0.297. The zero-order valence-corrected chi connectivity index (χ0v) is 6.03. The minimum atomic E-state index is -0.504. The summed E-state index contributed by atoms with van der Waals surface area (Å²) in [5, 5.41) is 3.31. The van der Waals surface area contributed by atoms with Gasteiger partial charge in [0.05, 0.1) is 6.54 Å². The fourth-order valence-electron chi connectivity index (χ4n) is 0.667.